The number of aromatic nitrogens is 1. The summed E-state index contributed by atoms with van der Waals surface area (Å²) in [5, 5.41) is 23.4. The van der Waals surface area contributed by atoms with Crippen molar-refractivity contribution in [2.45, 2.75) is 18.8 Å². The summed E-state index contributed by atoms with van der Waals surface area (Å²) in [6, 6.07) is 14.3. The summed E-state index contributed by atoms with van der Waals surface area (Å²) in [6.45, 7) is 0.426. The van der Waals surface area contributed by atoms with Gasteiger partial charge in [-0.05, 0) is 22.4 Å². The molecule has 0 aliphatic carbocycles. The maximum atomic E-state index is 10.5. The van der Waals surface area contributed by atoms with Gasteiger partial charge in [0, 0.05) is 0 Å². The summed E-state index contributed by atoms with van der Waals surface area (Å²) in [7, 11) is 0. The van der Waals surface area contributed by atoms with Crippen molar-refractivity contribution in [3.8, 4) is 11.8 Å². The van der Waals surface area contributed by atoms with Crippen LogP contribution in [-0.2, 0) is 11.3 Å². The standard InChI is InChI=1S/C19H15NO3/c21-18-16-14-7-8-15(23-14)17(16)19(22)20(18)10-11-5-6-12-3-1-2-4-13(12)9-11/h1-9,14-15,21-22H,10H2. The highest BCUT2D eigenvalue weighted by atomic mass is 16.5. The van der Waals surface area contributed by atoms with Gasteiger partial charge >= 0.3 is 0 Å². The van der Waals surface area contributed by atoms with E-state index in [1.165, 1.54) is 5.39 Å². The van der Waals surface area contributed by atoms with Crippen LogP contribution in [-0.4, -0.2) is 14.8 Å². The lowest BCUT2D eigenvalue weighted by Gasteiger charge is -2.11. The van der Waals surface area contributed by atoms with E-state index in [4.69, 9.17) is 4.74 Å². The van der Waals surface area contributed by atoms with Crippen molar-refractivity contribution in [3.63, 3.8) is 0 Å². The molecular weight excluding hydrogens is 290 g/mol. The van der Waals surface area contributed by atoms with Gasteiger partial charge in [-0.15, -0.1) is 0 Å². The van der Waals surface area contributed by atoms with Crippen LogP contribution in [0.5, 0.6) is 11.8 Å². The van der Waals surface area contributed by atoms with Crippen molar-refractivity contribution in [2.75, 3.05) is 0 Å². The Balaban J connectivity index is 1.58. The third-order valence-electron chi connectivity index (χ3n) is 4.76. The largest absolute Gasteiger partial charge is 0.494 e. The second-order valence-corrected chi connectivity index (χ2v) is 6.10. The van der Waals surface area contributed by atoms with Gasteiger partial charge in [-0.3, -0.25) is 4.57 Å². The van der Waals surface area contributed by atoms with Crippen molar-refractivity contribution in [1.82, 2.24) is 4.57 Å². The number of nitrogens with zero attached hydrogens (tertiary/aromatic N) is 1. The van der Waals surface area contributed by atoms with E-state index in [2.05, 4.69) is 24.3 Å². The van der Waals surface area contributed by atoms with Crippen LogP contribution in [0.2, 0.25) is 0 Å². The molecule has 3 heterocycles. The summed E-state index contributed by atoms with van der Waals surface area (Å²) >= 11 is 0. The van der Waals surface area contributed by atoms with E-state index < -0.39 is 0 Å². The summed E-state index contributed by atoms with van der Waals surface area (Å²) in [6.07, 6.45) is 3.37. The van der Waals surface area contributed by atoms with Gasteiger partial charge in [-0.25, -0.2) is 0 Å². The van der Waals surface area contributed by atoms with Crippen molar-refractivity contribution >= 4 is 10.8 Å². The number of hydrogen-bond acceptors (Lipinski definition) is 3. The first kappa shape index (κ1) is 12.8. The highest BCUT2D eigenvalue weighted by molar-refractivity contribution is 5.83. The van der Waals surface area contributed by atoms with Crippen molar-refractivity contribution < 1.29 is 14.9 Å². The molecule has 23 heavy (non-hydrogen) atoms. The third kappa shape index (κ3) is 1.69. The smallest absolute Gasteiger partial charge is 0.200 e. The predicted octanol–water partition coefficient (Wildman–Crippen LogP) is 3.78. The summed E-state index contributed by atoms with van der Waals surface area (Å²) < 4.78 is 7.22. The molecule has 0 spiro atoms. The van der Waals surface area contributed by atoms with Crippen LogP contribution < -0.4 is 0 Å². The molecule has 0 amide bonds. The SMILES string of the molecule is Oc1c2c(c(O)n1Cc1ccc3ccccc3c1)C1C=CC2O1. The molecule has 5 rings (SSSR count). The number of rotatable bonds is 2. The van der Waals surface area contributed by atoms with Crippen molar-refractivity contribution in [1.29, 1.82) is 0 Å². The van der Waals surface area contributed by atoms with Crippen LogP contribution in [0, 0.1) is 0 Å². The molecule has 2 atom stereocenters. The lowest BCUT2D eigenvalue weighted by atomic mass is 10.0. The Morgan fingerprint density at radius 1 is 0.870 bits per heavy atom. The first-order valence-corrected chi connectivity index (χ1v) is 7.68. The second-order valence-electron chi connectivity index (χ2n) is 6.10. The predicted molar refractivity (Wildman–Crippen MR) is 86.5 cm³/mol. The second kappa shape index (κ2) is 4.40. The molecule has 2 unspecified atom stereocenters. The fourth-order valence-corrected chi connectivity index (χ4v) is 3.64. The van der Waals surface area contributed by atoms with Crippen LogP contribution >= 0.6 is 0 Å². The highest BCUT2D eigenvalue weighted by Gasteiger charge is 2.42. The molecule has 2 aromatic carbocycles. The Hall–Kier alpha value is -2.72. The van der Waals surface area contributed by atoms with Crippen LogP contribution in [0.25, 0.3) is 10.8 Å². The maximum Gasteiger partial charge on any atom is 0.200 e. The van der Waals surface area contributed by atoms with Gasteiger partial charge in [0.25, 0.3) is 0 Å². The van der Waals surface area contributed by atoms with Crippen LogP contribution in [0.4, 0.5) is 0 Å². The molecule has 4 heteroatoms. The van der Waals surface area contributed by atoms with E-state index in [1.807, 2.05) is 30.4 Å². The van der Waals surface area contributed by atoms with E-state index >= 15 is 0 Å². The quantitative estimate of drug-likeness (QED) is 0.708. The minimum Gasteiger partial charge on any atom is -0.494 e. The Kier molecular flexibility index (Phi) is 2.44. The van der Waals surface area contributed by atoms with Crippen molar-refractivity contribution in [2.24, 2.45) is 0 Å². The van der Waals surface area contributed by atoms with Gasteiger partial charge in [-0.1, -0.05) is 48.6 Å². The third-order valence-corrected chi connectivity index (χ3v) is 4.76. The van der Waals surface area contributed by atoms with E-state index in [0.717, 1.165) is 10.9 Å². The molecule has 3 aromatic rings. The molecule has 2 aliphatic heterocycles. The molecule has 114 valence electrons. The highest BCUT2D eigenvalue weighted by Crippen LogP contribution is 2.54. The normalized spacial score (nSPS) is 21.2. The number of fused-ring (bicyclic) bond motifs is 6. The summed E-state index contributed by atoms with van der Waals surface area (Å²) in [5.74, 6) is 0.199. The van der Waals surface area contributed by atoms with Crippen LogP contribution in [0.3, 0.4) is 0 Å². The zero-order valence-corrected chi connectivity index (χ0v) is 12.3. The Morgan fingerprint density at radius 3 is 2.22 bits per heavy atom. The van der Waals surface area contributed by atoms with Gasteiger partial charge in [0.1, 0.15) is 12.2 Å². The number of benzene rings is 2. The molecule has 1 aromatic heterocycles. The minimum absolute atomic E-state index is 0.0995. The lowest BCUT2D eigenvalue weighted by Crippen LogP contribution is -2.01. The Morgan fingerprint density at radius 2 is 1.52 bits per heavy atom. The van der Waals surface area contributed by atoms with Gasteiger partial charge in [0.05, 0.1) is 17.7 Å². The monoisotopic (exact) mass is 305 g/mol. The fraction of sp³-hybridized carbons (Fsp3) is 0.158. The summed E-state index contributed by atoms with van der Waals surface area (Å²) in [5.41, 5.74) is 2.44. The van der Waals surface area contributed by atoms with Gasteiger partial charge in [0.15, 0.2) is 0 Å². The molecule has 4 nitrogen and oxygen atoms in total. The Bertz CT molecular complexity index is 935. The number of aromatic hydroxyl groups is 2. The van der Waals surface area contributed by atoms with Crippen LogP contribution in [0.1, 0.15) is 28.9 Å². The van der Waals surface area contributed by atoms with Crippen molar-refractivity contribution in [3.05, 3.63) is 71.3 Å². The Labute approximate surface area is 132 Å². The first-order chi connectivity index (χ1) is 11.2. The fourth-order valence-electron chi connectivity index (χ4n) is 3.64. The van der Waals surface area contributed by atoms with Gasteiger partial charge < -0.3 is 14.9 Å². The molecule has 2 aliphatic rings. The number of hydrogen-bond donors (Lipinski definition) is 2. The first-order valence-electron chi connectivity index (χ1n) is 7.68. The summed E-state index contributed by atoms with van der Waals surface area (Å²) in [4.78, 5) is 0. The molecule has 0 saturated carbocycles. The molecular formula is C19H15NO3. The average molecular weight is 305 g/mol. The van der Waals surface area contributed by atoms with E-state index in [0.29, 0.717) is 17.7 Å². The zero-order chi connectivity index (χ0) is 15.6. The van der Waals surface area contributed by atoms with Crippen LogP contribution in [0.15, 0.2) is 54.6 Å². The minimum atomic E-state index is -0.237. The average Bonchev–Trinajstić information content (AvgIpc) is 3.25. The van der Waals surface area contributed by atoms with E-state index in [-0.39, 0.29) is 24.0 Å². The molecule has 0 fully saturated rings. The molecule has 2 bridgehead atoms. The molecule has 0 radical (unpaired) electrons. The van der Waals surface area contributed by atoms with E-state index in [9.17, 15) is 10.2 Å². The van der Waals surface area contributed by atoms with Gasteiger partial charge in [-0.2, -0.15) is 0 Å². The van der Waals surface area contributed by atoms with Gasteiger partial charge in [0.2, 0.25) is 11.8 Å². The maximum absolute atomic E-state index is 10.5. The lowest BCUT2D eigenvalue weighted by molar-refractivity contribution is 0.0838. The zero-order valence-electron chi connectivity index (χ0n) is 12.3. The molecule has 2 N–H and O–H groups in total. The number of ether oxygens (including phenoxy) is 1. The topological polar surface area (TPSA) is 54.6 Å². The van der Waals surface area contributed by atoms with E-state index in [1.54, 1.807) is 4.57 Å². The molecule has 0 saturated heterocycles.